The number of aromatic carboxylic acids is 1. The Kier molecular flexibility index (Phi) is 4.38. The molecule has 5 aliphatic rings. The summed E-state index contributed by atoms with van der Waals surface area (Å²) in [6.45, 7) is 0.877. The van der Waals surface area contributed by atoms with Crippen molar-refractivity contribution in [2.24, 2.45) is 11.3 Å². The molecule has 33 heavy (non-hydrogen) atoms. The van der Waals surface area contributed by atoms with Gasteiger partial charge in [0.25, 0.3) is 0 Å². The zero-order valence-electron chi connectivity index (χ0n) is 18.2. The molecule has 7 nitrogen and oxygen atoms in total. The number of likely N-dealkylation sites (tertiary alicyclic amines) is 1. The molecule has 169 valence electrons. The van der Waals surface area contributed by atoms with Crippen molar-refractivity contribution in [3.05, 3.63) is 70.5 Å². The minimum atomic E-state index is -1.30. The fraction of sp³-hybridized carbons (Fsp3) is 0.440. The molecule has 2 bridgehead atoms. The van der Waals surface area contributed by atoms with Gasteiger partial charge in [0, 0.05) is 22.9 Å². The van der Waals surface area contributed by atoms with Crippen LogP contribution in [0.4, 0.5) is 0 Å². The number of nitrogens with zero attached hydrogens (tertiary/aromatic N) is 1. The summed E-state index contributed by atoms with van der Waals surface area (Å²) in [6, 6.07) is 6.35. The fourth-order valence-corrected chi connectivity index (χ4v) is 6.90. The Morgan fingerprint density at radius 2 is 2.00 bits per heavy atom. The largest absolute Gasteiger partial charge is 0.487 e. The fourth-order valence-electron chi connectivity index (χ4n) is 6.61. The zero-order chi connectivity index (χ0) is 23.1. The molecule has 8 heteroatoms. The van der Waals surface area contributed by atoms with Gasteiger partial charge in [0.1, 0.15) is 17.1 Å². The molecule has 1 unspecified atom stereocenters. The summed E-state index contributed by atoms with van der Waals surface area (Å²) in [5.74, 6) is -1.17. The van der Waals surface area contributed by atoms with Crippen LogP contribution in [-0.4, -0.2) is 74.4 Å². The number of carbonyl (C=O) groups is 2. The van der Waals surface area contributed by atoms with E-state index in [2.05, 4.69) is 34.3 Å². The molecular weight excluding hydrogens is 438 g/mol. The number of hydrogen-bond donors (Lipinski definition) is 2. The maximum absolute atomic E-state index is 13.1. The predicted molar refractivity (Wildman–Crippen MR) is 119 cm³/mol. The lowest BCUT2D eigenvalue weighted by Crippen LogP contribution is -2.62. The highest BCUT2D eigenvalue weighted by atomic mass is 28.1. The first-order valence-corrected chi connectivity index (χ1v) is 11.7. The second kappa shape index (κ2) is 6.91. The molecule has 2 heterocycles. The van der Waals surface area contributed by atoms with Gasteiger partial charge < -0.3 is 24.6 Å². The number of aliphatic hydroxyl groups is 1. The molecule has 2 aliphatic heterocycles. The molecule has 1 spiro atoms. The standard InChI is InChI=1S/C25H24NO6Si/c1-26-11-10-24-16-6-7-18(31-23(29)15-5-3-2-4-14(15)22(27)28)20(24)32-21-19(24)13(12-17(16)26)8-9-25(21,30)33/h2-8,16-18,20,30H,9-12H2,1H3,(H,27,28)/t16-,17+,18-,20-,24-,25?/m0/s1. The summed E-state index contributed by atoms with van der Waals surface area (Å²) in [5, 5.41) is 19.3. The van der Waals surface area contributed by atoms with Gasteiger partial charge in [0.2, 0.25) is 0 Å². The molecule has 6 rings (SSSR count). The molecule has 3 radical (unpaired) electrons. The van der Waals surface area contributed by atoms with Crippen molar-refractivity contribution >= 4 is 22.2 Å². The third kappa shape index (κ3) is 2.74. The van der Waals surface area contributed by atoms with Crippen LogP contribution in [0.5, 0.6) is 0 Å². The summed E-state index contributed by atoms with van der Waals surface area (Å²) < 4.78 is 12.4. The monoisotopic (exact) mass is 462 g/mol. The molecule has 3 aliphatic carbocycles. The Labute approximate surface area is 194 Å². The van der Waals surface area contributed by atoms with Crippen molar-refractivity contribution in [1.29, 1.82) is 0 Å². The van der Waals surface area contributed by atoms with E-state index >= 15 is 0 Å². The molecule has 1 aromatic carbocycles. The Bertz CT molecular complexity index is 1170. The third-order valence-electron chi connectivity index (χ3n) is 8.10. The number of carbonyl (C=O) groups excluding carboxylic acids is 1. The molecule has 2 N–H and O–H groups in total. The molecule has 0 aromatic heterocycles. The number of rotatable bonds is 3. The maximum Gasteiger partial charge on any atom is 0.339 e. The van der Waals surface area contributed by atoms with Crippen molar-refractivity contribution in [2.75, 3.05) is 13.6 Å². The van der Waals surface area contributed by atoms with E-state index in [0.29, 0.717) is 18.2 Å². The first kappa shape index (κ1) is 20.9. The van der Waals surface area contributed by atoms with E-state index in [1.54, 1.807) is 12.1 Å². The summed E-state index contributed by atoms with van der Waals surface area (Å²) in [6.07, 6.45) is 7.04. The average molecular weight is 463 g/mol. The van der Waals surface area contributed by atoms with Gasteiger partial charge in [0.05, 0.1) is 21.4 Å². The van der Waals surface area contributed by atoms with E-state index in [0.717, 1.165) is 25.0 Å². The molecule has 2 fully saturated rings. The molecule has 0 amide bonds. The lowest BCUT2D eigenvalue weighted by atomic mass is 9.51. The van der Waals surface area contributed by atoms with Crippen molar-refractivity contribution in [3.63, 3.8) is 0 Å². The number of esters is 1. The molecule has 6 atom stereocenters. The van der Waals surface area contributed by atoms with Crippen LogP contribution in [0.1, 0.15) is 40.0 Å². The van der Waals surface area contributed by atoms with Gasteiger partial charge >= 0.3 is 11.9 Å². The Morgan fingerprint density at radius 3 is 2.76 bits per heavy atom. The first-order valence-electron chi connectivity index (χ1n) is 11.2. The number of ether oxygens (including phenoxy) is 2. The van der Waals surface area contributed by atoms with Gasteiger partial charge in [-0.2, -0.15) is 0 Å². The van der Waals surface area contributed by atoms with Crippen molar-refractivity contribution in [1.82, 2.24) is 4.90 Å². The lowest BCUT2D eigenvalue weighted by molar-refractivity contribution is -0.101. The van der Waals surface area contributed by atoms with Gasteiger partial charge in [0.15, 0.2) is 6.10 Å². The highest BCUT2D eigenvalue weighted by molar-refractivity contribution is 6.16. The van der Waals surface area contributed by atoms with Crippen LogP contribution in [0.2, 0.25) is 0 Å². The Hall–Kier alpha value is -2.68. The second-order valence-corrected chi connectivity index (χ2v) is 10.5. The molecule has 1 saturated carbocycles. The molecular formula is C25H24NO6Si. The number of benzene rings is 1. The molecule has 1 aromatic rings. The van der Waals surface area contributed by atoms with Gasteiger partial charge in [-0.15, -0.1) is 0 Å². The maximum atomic E-state index is 13.1. The van der Waals surface area contributed by atoms with Crippen LogP contribution < -0.4 is 0 Å². The summed E-state index contributed by atoms with van der Waals surface area (Å²) in [4.78, 5) is 27.1. The van der Waals surface area contributed by atoms with E-state index in [9.17, 15) is 19.8 Å². The average Bonchev–Trinajstić information content (AvgIpc) is 3.15. The molecule has 1 saturated heterocycles. The van der Waals surface area contributed by atoms with E-state index in [4.69, 9.17) is 9.47 Å². The van der Waals surface area contributed by atoms with Crippen molar-refractivity contribution < 1.29 is 29.3 Å². The predicted octanol–water partition coefficient (Wildman–Crippen LogP) is 2.03. The van der Waals surface area contributed by atoms with Gasteiger partial charge in [-0.3, -0.25) is 0 Å². The Balaban J connectivity index is 1.41. The van der Waals surface area contributed by atoms with Crippen LogP contribution in [-0.2, 0) is 9.47 Å². The third-order valence-corrected chi connectivity index (χ3v) is 8.53. The number of hydrogen-bond acceptors (Lipinski definition) is 6. The summed E-state index contributed by atoms with van der Waals surface area (Å²) in [7, 11) is 5.67. The topological polar surface area (TPSA) is 96.3 Å². The smallest absolute Gasteiger partial charge is 0.339 e. The van der Waals surface area contributed by atoms with Crippen LogP contribution in [0.15, 0.2) is 59.4 Å². The van der Waals surface area contributed by atoms with E-state index in [1.165, 1.54) is 17.7 Å². The minimum absolute atomic E-state index is 0.0100. The van der Waals surface area contributed by atoms with Crippen LogP contribution in [0, 0.1) is 11.3 Å². The number of carboxylic acid groups (broad SMARTS) is 1. The second-order valence-electron chi connectivity index (χ2n) is 9.71. The van der Waals surface area contributed by atoms with Crippen LogP contribution >= 0.6 is 0 Å². The van der Waals surface area contributed by atoms with Gasteiger partial charge in [-0.05, 0) is 56.6 Å². The number of carboxylic acids is 1. The van der Waals surface area contributed by atoms with E-state index in [1.807, 2.05) is 6.08 Å². The summed E-state index contributed by atoms with van der Waals surface area (Å²) >= 11 is 0. The first-order chi connectivity index (χ1) is 15.7. The van der Waals surface area contributed by atoms with Crippen molar-refractivity contribution in [3.8, 4) is 0 Å². The van der Waals surface area contributed by atoms with E-state index < -0.39 is 34.8 Å². The summed E-state index contributed by atoms with van der Waals surface area (Å²) in [5.41, 5.74) is 1.78. The highest BCUT2D eigenvalue weighted by Gasteiger charge is 2.67. The lowest BCUT2D eigenvalue weighted by Gasteiger charge is -2.58. The zero-order valence-corrected chi connectivity index (χ0v) is 19.2. The van der Waals surface area contributed by atoms with Crippen LogP contribution in [0.3, 0.4) is 0 Å². The van der Waals surface area contributed by atoms with E-state index in [-0.39, 0.29) is 17.0 Å². The quantitative estimate of drug-likeness (QED) is 0.403. The van der Waals surface area contributed by atoms with Gasteiger partial charge in [-0.1, -0.05) is 24.3 Å². The Morgan fingerprint density at radius 1 is 1.24 bits per heavy atom. The van der Waals surface area contributed by atoms with Crippen LogP contribution in [0.25, 0.3) is 0 Å². The highest BCUT2D eigenvalue weighted by Crippen LogP contribution is 2.65. The van der Waals surface area contributed by atoms with Gasteiger partial charge in [-0.25, -0.2) is 9.59 Å². The van der Waals surface area contributed by atoms with Crippen molar-refractivity contribution in [2.45, 2.75) is 42.7 Å². The number of piperidine rings is 1. The minimum Gasteiger partial charge on any atom is -0.487 e. The normalized spacial score (nSPS) is 38.3. The SMILES string of the molecule is CN1CC[C@]23C4=C5O[C@H]2[C@@H](OC(=O)c2ccccc2C(=O)O)C=C[C@H]3[C@H]1CC4=CCC5(O)[Si].